The second kappa shape index (κ2) is 56.7. The van der Waals surface area contributed by atoms with Gasteiger partial charge in [-0.2, -0.15) is 0 Å². The largest absolute Gasteiger partial charge is 0.466 e. The summed E-state index contributed by atoms with van der Waals surface area (Å²) in [6.07, 6.45) is 69.9. The lowest BCUT2D eigenvalue weighted by Crippen LogP contribution is -2.45. The number of hydrogen-bond donors (Lipinski definition) is 3. The summed E-state index contributed by atoms with van der Waals surface area (Å²) in [6.45, 7) is 4.91. The molecule has 0 aliphatic heterocycles. The first-order chi connectivity index (χ1) is 33.0. The predicted octanol–water partition coefficient (Wildman–Crippen LogP) is 18.4. The van der Waals surface area contributed by atoms with E-state index in [0.29, 0.717) is 25.9 Å². The summed E-state index contributed by atoms with van der Waals surface area (Å²) in [6, 6.07) is -0.554. The predicted molar refractivity (Wildman–Crippen MR) is 292 cm³/mol. The molecule has 0 bridgehead atoms. The van der Waals surface area contributed by atoms with Gasteiger partial charge in [-0.25, -0.2) is 0 Å². The molecule has 0 spiro atoms. The molecule has 2 unspecified atom stereocenters. The smallest absolute Gasteiger partial charge is 0.305 e. The second-order valence-electron chi connectivity index (χ2n) is 20.3. The van der Waals surface area contributed by atoms with Crippen LogP contribution in [-0.2, 0) is 14.3 Å². The highest BCUT2D eigenvalue weighted by molar-refractivity contribution is 5.76. The number of unbranched alkanes of at least 4 members (excludes halogenated alkanes) is 38. The molecule has 6 heteroatoms. The normalized spacial score (nSPS) is 12.8. The number of esters is 1. The molecule has 0 aliphatic rings. The van der Waals surface area contributed by atoms with Crippen molar-refractivity contribution in [2.75, 3.05) is 13.2 Å². The zero-order valence-corrected chi connectivity index (χ0v) is 44.9. The van der Waals surface area contributed by atoms with Crippen LogP contribution in [0.3, 0.4) is 0 Å². The van der Waals surface area contributed by atoms with Gasteiger partial charge < -0.3 is 20.3 Å². The van der Waals surface area contributed by atoms with E-state index in [1.54, 1.807) is 0 Å². The van der Waals surface area contributed by atoms with Crippen LogP contribution >= 0.6 is 0 Å². The minimum atomic E-state index is -0.675. The molecule has 67 heavy (non-hydrogen) atoms. The maximum atomic E-state index is 12.5. The summed E-state index contributed by atoms with van der Waals surface area (Å²) < 4.78 is 5.46. The topological polar surface area (TPSA) is 95.9 Å². The summed E-state index contributed by atoms with van der Waals surface area (Å²) >= 11 is 0. The van der Waals surface area contributed by atoms with Gasteiger partial charge in [-0.3, -0.25) is 9.59 Å². The first-order valence-electron chi connectivity index (χ1n) is 29.7. The average molecular weight is 943 g/mol. The molecular formula is C61H115NO5. The average Bonchev–Trinajstić information content (AvgIpc) is 3.33. The molecule has 0 saturated heterocycles. The Kier molecular flexibility index (Phi) is 55.0. The summed E-state index contributed by atoms with van der Waals surface area (Å²) in [4.78, 5) is 24.5. The monoisotopic (exact) mass is 942 g/mol. The third-order valence-corrected chi connectivity index (χ3v) is 13.7. The molecule has 0 aromatic heterocycles. The van der Waals surface area contributed by atoms with Crippen LogP contribution < -0.4 is 5.32 Å². The van der Waals surface area contributed by atoms with Gasteiger partial charge in [0.25, 0.3) is 0 Å². The Labute approximate surface area is 417 Å². The summed E-state index contributed by atoms with van der Waals surface area (Å²) in [5.41, 5.74) is 0. The first-order valence-corrected chi connectivity index (χ1v) is 29.7. The van der Waals surface area contributed by atoms with Crippen LogP contribution in [0.4, 0.5) is 0 Å². The molecule has 394 valence electrons. The van der Waals surface area contributed by atoms with Crippen LogP contribution in [0.2, 0.25) is 0 Å². The Morgan fingerprint density at radius 2 is 0.746 bits per heavy atom. The number of nitrogens with one attached hydrogen (secondary N) is 1. The van der Waals surface area contributed by atoms with Crippen LogP contribution in [-0.4, -0.2) is 47.4 Å². The van der Waals surface area contributed by atoms with Gasteiger partial charge in [-0.15, -0.1) is 0 Å². The van der Waals surface area contributed by atoms with E-state index in [0.717, 1.165) is 83.5 Å². The zero-order valence-electron chi connectivity index (χ0n) is 44.9. The van der Waals surface area contributed by atoms with Crippen molar-refractivity contribution in [2.45, 2.75) is 328 Å². The van der Waals surface area contributed by atoms with Gasteiger partial charge in [-0.1, -0.05) is 249 Å². The lowest BCUT2D eigenvalue weighted by molar-refractivity contribution is -0.143. The zero-order chi connectivity index (χ0) is 48.6. The van der Waals surface area contributed by atoms with Gasteiger partial charge >= 0.3 is 5.97 Å². The SMILES string of the molecule is CCCCCCCCC/C=C\CCCCCCCCCC(=O)OCCCCC/C=C\C/C=C\CCCCCCCCCC(=O)NC(CO)C(O)CCCCCCCCCCCCCCCCC. The van der Waals surface area contributed by atoms with Crippen LogP contribution in [0.5, 0.6) is 0 Å². The van der Waals surface area contributed by atoms with Crippen molar-refractivity contribution in [1.82, 2.24) is 5.32 Å². The maximum absolute atomic E-state index is 12.5. The van der Waals surface area contributed by atoms with Crippen molar-refractivity contribution in [1.29, 1.82) is 0 Å². The van der Waals surface area contributed by atoms with Gasteiger partial charge in [0.2, 0.25) is 5.91 Å². The fraction of sp³-hybridized carbons (Fsp3) is 0.869. The van der Waals surface area contributed by atoms with Gasteiger partial charge in [0, 0.05) is 12.8 Å². The Morgan fingerprint density at radius 1 is 0.418 bits per heavy atom. The molecule has 0 aromatic rings. The molecule has 0 fully saturated rings. The molecule has 0 heterocycles. The molecule has 3 N–H and O–H groups in total. The minimum Gasteiger partial charge on any atom is -0.466 e. The van der Waals surface area contributed by atoms with Crippen molar-refractivity contribution >= 4 is 11.9 Å². The Bertz CT molecular complexity index is 1090. The van der Waals surface area contributed by atoms with E-state index in [1.165, 1.54) is 199 Å². The number of aliphatic hydroxyl groups is 2. The van der Waals surface area contributed by atoms with Gasteiger partial charge in [0.15, 0.2) is 0 Å². The molecule has 0 saturated carbocycles. The molecule has 0 radical (unpaired) electrons. The second-order valence-corrected chi connectivity index (χ2v) is 20.3. The Balaban J connectivity index is 3.48. The number of allylic oxidation sites excluding steroid dienone is 6. The van der Waals surface area contributed by atoms with Crippen LogP contribution in [0.15, 0.2) is 36.5 Å². The number of amides is 1. The van der Waals surface area contributed by atoms with Crippen LogP contribution in [0, 0.1) is 0 Å². The van der Waals surface area contributed by atoms with E-state index in [2.05, 4.69) is 55.6 Å². The number of carbonyl (C=O) groups is 2. The Morgan fingerprint density at radius 3 is 1.15 bits per heavy atom. The number of carbonyl (C=O) groups excluding carboxylic acids is 2. The highest BCUT2D eigenvalue weighted by Gasteiger charge is 2.20. The Hall–Kier alpha value is -1.92. The van der Waals surface area contributed by atoms with Crippen molar-refractivity contribution < 1.29 is 24.5 Å². The van der Waals surface area contributed by atoms with Gasteiger partial charge in [0.1, 0.15) is 0 Å². The van der Waals surface area contributed by atoms with Crippen LogP contribution in [0.1, 0.15) is 316 Å². The van der Waals surface area contributed by atoms with Gasteiger partial charge in [0.05, 0.1) is 25.4 Å². The lowest BCUT2D eigenvalue weighted by Gasteiger charge is -2.22. The molecule has 0 aromatic carbocycles. The van der Waals surface area contributed by atoms with E-state index >= 15 is 0 Å². The van der Waals surface area contributed by atoms with Gasteiger partial charge in [-0.05, 0) is 89.9 Å². The van der Waals surface area contributed by atoms with E-state index in [4.69, 9.17) is 4.74 Å². The van der Waals surface area contributed by atoms with E-state index < -0.39 is 12.1 Å². The van der Waals surface area contributed by atoms with Crippen molar-refractivity contribution in [2.24, 2.45) is 0 Å². The fourth-order valence-electron chi connectivity index (χ4n) is 9.08. The standard InChI is InChI=1S/C61H115NO5/c1-3-5-7-9-11-13-15-17-19-20-23-27-31-35-39-43-47-51-55-61(66)67-56-52-48-44-40-36-32-28-24-21-22-26-30-34-38-42-46-50-54-60(65)62-58(57-63)59(64)53-49-45-41-37-33-29-25-18-16-14-12-10-8-6-4-2/h19-21,24,32,36,58-59,63-64H,3-18,22-23,25-31,33-35,37-57H2,1-2H3,(H,62,65)/b20-19-,24-21-,36-32-. The fourth-order valence-corrected chi connectivity index (χ4v) is 9.08. The van der Waals surface area contributed by atoms with Crippen molar-refractivity contribution in [3.63, 3.8) is 0 Å². The molecule has 2 atom stereocenters. The highest BCUT2D eigenvalue weighted by Crippen LogP contribution is 2.17. The first kappa shape index (κ1) is 65.1. The highest BCUT2D eigenvalue weighted by atomic mass is 16.5. The van der Waals surface area contributed by atoms with E-state index in [1.807, 2.05) is 0 Å². The van der Waals surface area contributed by atoms with E-state index in [9.17, 15) is 19.8 Å². The molecular weight excluding hydrogens is 827 g/mol. The molecule has 0 aliphatic carbocycles. The van der Waals surface area contributed by atoms with Crippen molar-refractivity contribution in [3.05, 3.63) is 36.5 Å². The number of aliphatic hydroxyl groups excluding tert-OH is 2. The molecule has 0 rings (SSSR count). The van der Waals surface area contributed by atoms with Crippen LogP contribution in [0.25, 0.3) is 0 Å². The third-order valence-electron chi connectivity index (χ3n) is 13.7. The minimum absolute atomic E-state index is 0.0183. The number of rotatable bonds is 55. The number of hydrogen-bond acceptors (Lipinski definition) is 5. The summed E-state index contributed by atoms with van der Waals surface area (Å²) in [5, 5.41) is 23.3. The van der Waals surface area contributed by atoms with Crippen molar-refractivity contribution in [3.8, 4) is 0 Å². The number of ether oxygens (including phenoxy) is 1. The summed E-state index contributed by atoms with van der Waals surface area (Å²) in [7, 11) is 0. The quantitative estimate of drug-likeness (QED) is 0.0321. The molecule has 1 amide bonds. The maximum Gasteiger partial charge on any atom is 0.305 e. The lowest BCUT2D eigenvalue weighted by atomic mass is 10.0. The molecule has 6 nitrogen and oxygen atoms in total. The summed E-state index contributed by atoms with van der Waals surface area (Å²) in [5.74, 6) is -0.0687. The van der Waals surface area contributed by atoms with E-state index in [-0.39, 0.29) is 18.5 Å². The third kappa shape index (κ3) is 53.3.